The molecule has 0 radical (unpaired) electrons. The minimum Gasteiger partial charge on any atom is -0.496 e. The smallest absolute Gasteiger partial charge is 0.220 e. The molecule has 122 valence electrons. The highest BCUT2D eigenvalue weighted by molar-refractivity contribution is 5.76. The normalized spacial score (nSPS) is 10.4. The molecule has 2 N–H and O–H groups in total. The van der Waals surface area contributed by atoms with Crippen LogP contribution in [-0.2, 0) is 24.4 Å². The largest absolute Gasteiger partial charge is 0.496 e. The van der Waals surface area contributed by atoms with Crippen molar-refractivity contribution in [2.45, 2.75) is 32.9 Å². The van der Waals surface area contributed by atoms with Gasteiger partial charge in [-0.25, -0.2) is 0 Å². The molecule has 0 spiro atoms. The highest BCUT2D eigenvalue weighted by Crippen LogP contribution is 2.19. The van der Waals surface area contributed by atoms with Gasteiger partial charge in [-0.05, 0) is 41.7 Å². The summed E-state index contributed by atoms with van der Waals surface area (Å²) in [5, 5.41) is 12.0. The molecule has 0 heterocycles. The maximum atomic E-state index is 12.0. The van der Waals surface area contributed by atoms with Crippen LogP contribution in [-0.4, -0.2) is 18.1 Å². The predicted octanol–water partition coefficient (Wildman–Crippen LogP) is 2.74. The molecule has 0 saturated heterocycles. The van der Waals surface area contributed by atoms with Gasteiger partial charge >= 0.3 is 0 Å². The second kappa shape index (κ2) is 8.34. The minimum atomic E-state index is 0.0110. The zero-order valence-electron chi connectivity index (χ0n) is 13.6. The first-order chi connectivity index (χ1) is 11.1. The van der Waals surface area contributed by atoms with Crippen LogP contribution in [0.4, 0.5) is 0 Å². The number of aliphatic hydroxyl groups is 1. The van der Waals surface area contributed by atoms with Crippen LogP contribution < -0.4 is 10.1 Å². The Morgan fingerprint density at radius 1 is 1.13 bits per heavy atom. The molecule has 0 aliphatic rings. The van der Waals surface area contributed by atoms with Gasteiger partial charge in [0.2, 0.25) is 5.91 Å². The van der Waals surface area contributed by atoms with Crippen molar-refractivity contribution < 1.29 is 14.6 Å². The lowest BCUT2D eigenvalue weighted by Gasteiger charge is -2.09. The summed E-state index contributed by atoms with van der Waals surface area (Å²) in [5.74, 6) is 0.864. The number of aliphatic hydroxyl groups excluding tert-OH is 1. The lowest BCUT2D eigenvalue weighted by Crippen LogP contribution is -2.23. The molecule has 2 aromatic rings. The number of ether oxygens (including phenoxy) is 1. The molecule has 0 fully saturated rings. The SMILES string of the molecule is COc1cc(CCC(=O)NCc2cccc(CO)c2)ccc1C. The third kappa shape index (κ3) is 5.11. The maximum Gasteiger partial charge on any atom is 0.220 e. The number of hydrogen-bond donors (Lipinski definition) is 2. The summed E-state index contributed by atoms with van der Waals surface area (Å²) in [6.07, 6.45) is 1.12. The average molecular weight is 313 g/mol. The van der Waals surface area contributed by atoms with Gasteiger partial charge in [-0.1, -0.05) is 36.4 Å². The van der Waals surface area contributed by atoms with E-state index in [9.17, 15) is 4.79 Å². The quantitative estimate of drug-likeness (QED) is 0.826. The Morgan fingerprint density at radius 2 is 1.91 bits per heavy atom. The number of hydrogen-bond acceptors (Lipinski definition) is 3. The van der Waals surface area contributed by atoms with Gasteiger partial charge in [0, 0.05) is 13.0 Å². The zero-order valence-corrected chi connectivity index (χ0v) is 13.6. The van der Waals surface area contributed by atoms with E-state index in [1.807, 2.05) is 49.4 Å². The van der Waals surface area contributed by atoms with E-state index in [-0.39, 0.29) is 12.5 Å². The van der Waals surface area contributed by atoms with Crippen LogP contribution in [0.25, 0.3) is 0 Å². The van der Waals surface area contributed by atoms with Crippen LogP contribution in [0.15, 0.2) is 42.5 Å². The standard InChI is InChI=1S/C19H23NO3/c1-14-6-7-15(11-18(14)23-2)8-9-19(22)20-12-16-4-3-5-17(10-16)13-21/h3-7,10-11,21H,8-9,12-13H2,1-2H3,(H,20,22). The van der Waals surface area contributed by atoms with Crippen LogP contribution in [0, 0.1) is 6.92 Å². The monoisotopic (exact) mass is 313 g/mol. The van der Waals surface area contributed by atoms with Gasteiger partial charge in [0.15, 0.2) is 0 Å². The van der Waals surface area contributed by atoms with Crippen LogP contribution in [0.2, 0.25) is 0 Å². The molecule has 0 aliphatic carbocycles. The summed E-state index contributed by atoms with van der Waals surface area (Å²) in [4.78, 5) is 12.0. The van der Waals surface area contributed by atoms with Gasteiger partial charge in [-0.3, -0.25) is 4.79 Å². The summed E-state index contributed by atoms with van der Waals surface area (Å²) in [6, 6.07) is 13.6. The van der Waals surface area contributed by atoms with Crippen molar-refractivity contribution in [2.75, 3.05) is 7.11 Å². The molecule has 0 aromatic heterocycles. The fraction of sp³-hybridized carbons (Fsp3) is 0.316. The summed E-state index contributed by atoms with van der Waals surface area (Å²) in [7, 11) is 1.65. The van der Waals surface area contributed by atoms with Crippen molar-refractivity contribution in [1.29, 1.82) is 0 Å². The number of carbonyl (C=O) groups excluding carboxylic acids is 1. The molecule has 4 nitrogen and oxygen atoms in total. The molecule has 23 heavy (non-hydrogen) atoms. The van der Waals surface area contributed by atoms with E-state index >= 15 is 0 Å². The van der Waals surface area contributed by atoms with E-state index in [4.69, 9.17) is 9.84 Å². The number of nitrogens with one attached hydrogen (secondary N) is 1. The van der Waals surface area contributed by atoms with Crippen molar-refractivity contribution in [3.05, 3.63) is 64.7 Å². The van der Waals surface area contributed by atoms with Crippen LogP contribution in [0.1, 0.15) is 28.7 Å². The van der Waals surface area contributed by atoms with Gasteiger partial charge in [-0.15, -0.1) is 0 Å². The summed E-state index contributed by atoms with van der Waals surface area (Å²) >= 11 is 0. The van der Waals surface area contributed by atoms with Crippen LogP contribution >= 0.6 is 0 Å². The number of benzene rings is 2. The molecule has 0 bridgehead atoms. The van der Waals surface area contributed by atoms with E-state index in [1.165, 1.54) is 0 Å². The Bertz CT molecular complexity index is 667. The molecular weight excluding hydrogens is 290 g/mol. The molecule has 4 heteroatoms. The molecule has 0 aliphatic heterocycles. The van der Waals surface area contributed by atoms with Crippen molar-refractivity contribution >= 4 is 5.91 Å². The molecule has 0 atom stereocenters. The summed E-state index contributed by atoms with van der Waals surface area (Å²) in [6.45, 7) is 2.48. The van der Waals surface area contributed by atoms with Gasteiger partial charge in [0.25, 0.3) is 0 Å². The lowest BCUT2D eigenvalue weighted by molar-refractivity contribution is -0.121. The Morgan fingerprint density at radius 3 is 2.65 bits per heavy atom. The highest BCUT2D eigenvalue weighted by atomic mass is 16.5. The Hall–Kier alpha value is -2.33. The van der Waals surface area contributed by atoms with Crippen LogP contribution in [0.5, 0.6) is 5.75 Å². The van der Waals surface area contributed by atoms with Crippen molar-refractivity contribution in [1.82, 2.24) is 5.32 Å². The van der Waals surface area contributed by atoms with Gasteiger partial charge < -0.3 is 15.2 Å². The molecule has 1 amide bonds. The molecule has 0 saturated carbocycles. The zero-order chi connectivity index (χ0) is 16.7. The number of methoxy groups -OCH3 is 1. The number of carbonyl (C=O) groups is 1. The first kappa shape index (κ1) is 17.0. The topological polar surface area (TPSA) is 58.6 Å². The van der Waals surface area contributed by atoms with E-state index in [0.29, 0.717) is 19.4 Å². The van der Waals surface area contributed by atoms with Crippen LogP contribution in [0.3, 0.4) is 0 Å². The van der Waals surface area contributed by atoms with Gasteiger partial charge in [-0.2, -0.15) is 0 Å². The number of rotatable bonds is 7. The fourth-order valence-electron chi connectivity index (χ4n) is 2.40. The molecular formula is C19H23NO3. The third-order valence-electron chi connectivity index (χ3n) is 3.78. The fourth-order valence-corrected chi connectivity index (χ4v) is 2.40. The van der Waals surface area contributed by atoms with Crippen molar-refractivity contribution in [3.8, 4) is 5.75 Å². The van der Waals surface area contributed by atoms with E-state index in [2.05, 4.69) is 5.32 Å². The Balaban J connectivity index is 1.83. The predicted molar refractivity (Wildman–Crippen MR) is 90.3 cm³/mol. The van der Waals surface area contributed by atoms with Gasteiger partial charge in [0.05, 0.1) is 13.7 Å². The van der Waals surface area contributed by atoms with E-state index < -0.39 is 0 Å². The van der Waals surface area contributed by atoms with Crippen molar-refractivity contribution in [2.24, 2.45) is 0 Å². The highest BCUT2D eigenvalue weighted by Gasteiger charge is 2.05. The van der Waals surface area contributed by atoms with Crippen molar-refractivity contribution in [3.63, 3.8) is 0 Å². The van der Waals surface area contributed by atoms with E-state index in [1.54, 1.807) is 7.11 Å². The summed E-state index contributed by atoms with van der Waals surface area (Å²) in [5.41, 5.74) is 4.01. The lowest BCUT2D eigenvalue weighted by atomic mass is 10.1. The Labute approximate surface area is 137 Å². The first-order valence-electron chi connectivity index (χ1n) is 7.71. The molecule has 2 aromatic carbocycles. The first-order valence-corrected chi connectivity index (χ1v) is 7.71. The summed E-state index contributed by atoms with van der Waals surface area (Å²) < 4.78 is 5.30. The minimum absolute atomic E-state index is 0.0110. The molecule has 0 unspecified atom stereocenters. The average Bonchev–Trinajstić information content (AvgIpc) is 2.59. The Kier molecular flexibility index (Phi) is 6.18. The number of amides is 1. The third-order valence-corrected chi connectivity index (χ3v) is 3.78. The second-order valence-electron chi connectivity index (χ2n) is 5.56. The number of aryl methyl sites for hydroxylation is 2. The van der Waals surface area contributed by atoms with Gasteiger partial charge in [0.1, 0.15) is 5.75 Å². The van der Waals surface area contributed by atoms with E-state index in [0.717, 1.165) is 28.0 Å². The molecule has 2 rings (SSSR count). The maximum absolute atomic E-state index is 12.0. The second-order valence-corrected chi connectivity index (χ2v) is 5.56.